The zero-order valence-electron chi connectivity index (χ0n) is 11.5. The van der Waals surface area contributed by atoms with E-state index in [1.54, 1.807) is 0 Å². The Morgan fingerprint density at radius 2 is 2.16 bits per heavy atom. The third-order valence-electron chi connectivity index (χ3n) is 3.38. The van der Waals surface area contributed by atoms with Crippen LogP contribution in [-0.2, 0) is 4.74 Å². The molecule has 0 spiro atoms. The molecule has 0 N–H and O–H groups in total. The molecule has 1 heterocycles. The predicted molar refractivity (Wildman–Crippen MR) is 80.7 cm³/mol. The van der Waals surface area contributed by atoms with Gasteiger partial charge in [0, 0.05) is 30.7 Å². The second-order valence-electron chi connectivity index (χ2n) is 4.86. The van der Waals surface area contributed by atoms with Crippen molar-refractivity contribution in [1.82, 2.24) is 4.90 Å². The van der Waals surface area contributed by atoms with Gasteiger partial charge in [0.05, 0.1) is 6.10 Å². The van der Waals surface area contributed by atoms with E-state index in [0.29, 0.717) is 6.10 Å². The van der Waals surface area contributed by atoms with Gasteiger partial charge in [-0.1, -0.05) is 22.9 Å². The zero-order valence-corrected chi connectivity index (χ0v) is 13.1. The molecule has 19 heavy (non-hydrogen) atoms. The maximum absolute atomic E-state index is 5.77. The van der Waals surface area contributed by atoms with E-state index in [-0.39, 0.29) is 0 Å². The Balaban J connectivity index is 1.73. The first kappa shape index (κ1) is 14.8. The first-order valence-corrected chi connectivity index (χ1v) is 7.79. The van der Waals surface area contributed by atoms with Crippen LogP contribution in [0.4, 0.5) is 0 Å². The van der Waals surface area contributed by atoms with E-state index in [2.05, 4.69) is 27.8 Å². The lowest BCUT2D eigenvalue weighted by atomic mass is 10.2. The molecule has 1 aliphatic heterocycles. The summed E-state index contributed by atoms with van der Waals surface area (Å²) in [7, 11) is 0. The molecule has 1 aliphatic rings. The lowest BCUT2D eigenvalue weighted by molar-refractivity contribution is 0.0503. The van der Waals surface area contributed by atoms with E-state index >= 15 is 0 Å². The minimum absolute atomic E-state index is 0.384. The maximum atomic E-state index is 5.77. The van der Waals surface area contributed by atoms with Gasteiger partial charge in [0.25, 0.3) is 0 Å². The standard InChI is InChI=1S/C15H22BrNO2/c1-2-14-12-17(8-3-10-18-14)9-11-19-15-6-4-13(16)5-7-15/h4-7,14H,2-3,8-12H2,1H3. The second kappa shape index (κ2) is 7.88. The molecule has 1 saturated heterocycles. The van der Waals surface area contributed by atoms with Crippen molar-refractivity contribution in [3.63, 3.8) is 0 Å². The van der Waals surface area contributed by atoms with Crippen molar-refractivity contribution < 1.29 is 9.47 Å². The topological polar surface area (TPSA) is 21.7 Å². The maximum Gasteiger partial charge on any atom is 0.119 e. The smallest absolute Gasteiger partial charge is 0.119 e. The van der Waals surface area contributed by atoms with E-state index in [4.69, 9.17) is 9.47 Å². The van der Waals surface area contributed by atoms with Gasteiger partial charge in [0.2, 0.25) is 0 Å². The molecule has 1 aromatic rings. The molecule has 1 unspecified atom stereocenters. The summed E-state index contributed by atoms with van der Waals surface area (Å²) in [5.74, 6) is 0.932. The fourth-order valence-electron chi connectivity index (χ4n) is 2.24. The fraction of sp³-hybridized carbons (Fsp3) is 0.600. The van der Waals surface area contributed by atoms with Gasteiger partial charge in [-0.2, -0.15) is 0 Å². The molecule has 4 heteroatoms. The lowest BCUT2D eigenvalue weighted by Gasteiger charge is -2.22. The van der Waals surface area contributed by atoms with E-state index in [9.17, 15) is 0 Å². The molecule has 0 radical (unpaired) electrons. The average Bonchev–Trinajstić information content (AvgIpc) is 2.66. The summed E-state index contributed by atoms with van der Waals surface area (Å²) in [6.45, 7) is 6.92. The molecule has 0 amide bonds. The number of ether oxygens (including phenoxy) is 2. The van der Waals surface area contributed by atoms with Crippen LogP contribution in [0.25, 0.3) is 0 Å². The minimum Gasteiger partial charge on any atom is -0.492 e. The van der Waals surface area contributed by atoms with Crippen LogP contribution in [0.2, 0.25) is 0 Å². The van der Waals surface area contributed by atoms with Gasteiger partial charge in [-0.25, -0.2) is 0 Å². The van der Waals surface area contributed by atoms with Crippen LogP contribution in [0.15, 0.2) is 28.7 Å². The molecule has 0 aliphatic carbocycles. The molecule has 1 atom stereocenters. The lowest BCUT2D eigenvalue weighted by Crippen LogP contribution is -2.34. The van der Waals surface area contributed by atoms with Gasteiger partial charge in [0.1, 0.15) is 12.4 Å². The highest BCUT2D eigenvalue weighted by atomic mass is 79.9. The number of halogens is 1. The van der Waals surface area contributed by atoms with Crippen molar-refractivity contribution >= 4 is 15.9 Å². The van der Waals surface area contributed by atoms with Crippen LogP contribution in [0.1, 0.15) is 19.8 Å². The summed E-state index contributed by atoms with van der Waals surface area (Å²) in [6, 6.07) is 7.99. The van der Waals surface area contributed by atoms with Gasteiger partial charge >= 0.3 is 0 Å². The van der Waals surface area contributed by atoms with Crippen molar-refractivity contribution in [2.75, 3.05) is 32.8 Å². The van der Waals surface area contributed by atoms with Crippen LogP contribution in [-0.4, -0.2) is 43.9 Å². The normalized spacial score (nSPS) is 21.1. The summed E-state index contributed by atoms with van der Waals surface area (Å²) in [5.41, 5.74) is 0. The van der Waals surface area contributed by atoms with Gasteiger partial charge in [-0.05, 0) is 37.1 Å². The van der Waals surface area contributed by atoms with Crippen molar-refractivity contribution in [1.29, 1.82) is 0 Å². The third-order valence-corrected chi connectivity index (χ3v) is 3.91. The average molecular weight is 328 g/mol. The number of hydrogen-bond donors (Lipinski definition) is 0. The monoisotopic (exact) mass is 327 g/mol. The number of hydrogen-bond acceptors (Lipinski definition) is 3. The molecular weight excluding hydrogens is 306 g/mol. The highest BCUT2D eigenvalue weighted by Gasteiger charge is 2.16. The largest absolute Gasteiger partial charge is 0.492 e. The zero-order chi connectivity index (χ0) is 13.5. The Morgan fingerprint density at radius 1 is 1.37 bits per heavy atom. The highest BCUT2D eigenvalue weighted by Crippen LogP contribution is 2.16. The Hall–Kier alpha value is -0.580. The van der Waals surface area contributed by atoms with E-state index in [1.165, 1.54) is 0 Å². The van der Waals surface area contributed by atoms with Crippen molar-refractivity contribution in [2.24, 2.45) is 0 Å². The Labute approximate surface area is 124 Å². The Bertz CT molecular complexity index is 369. The molecule has 0 bridgehead atoms. The molecule has 2 rings (SSSR count). The first-order chi connectivity index (χ1) is 9.28. The van der Waals surface area contributed by atoms with Crippen molar-refractivity contribution in [3.05, 3.63) is 28.7 Å². The molecule has 0 saturated carbocycles. The van der Waals surface area contributed by atoms with Crippen LogP contribution >= 0.6 is 15.9 Å². The van der Waals surface area contributed by atoms with Crippen molar-refractivity contribution in [3.8, 4) is 5.75 Å². The van der Waals surface area contributed by atoms with Gasteiger partial charge in [-0.15, -0.1) is 0 Å². The predicted octanol–water partition coefficient (Wildman–Crippen LogP) is 3.33. The van der Waals surface area contributed by atoms with E-state index < -0.39 is 0 Å². The van der Waals surface area contributed by atoms with E-state index in [0.717, 1.165) is 55.9 Å². The summed E-state index contributed by atoms with van der Waals surface area (Å²) >= 11 is 3.42. The number of benzene rings is 1. The molecule has 0 aromatic heterocycles. The number of nitrogens with zero attached hydrogens (tertiary/aromatic N) is 1. The third kappa shape index (κ3) is 5.13. The SMILES string of the molecule is CCC1CN(CCOc2ccc(Br)cc2)CCCO1. The molecule has 106 valence electrons. The Morgan fingerprint density at radius 3 is 2.89 bits per heavy atom. The molecule has 1 fully saturated rings. The number of rotatable bonds is 5. The van der Waals surface area contributed by atoms with Gasteiger partial charge in [0.15, 0.2) is 0 Å². The Kier molecular flexibility index (Phi) is 6.14. The summed E-state index contributed by atoms with van der Waals surface area (Å²) in [4.78, 5) is 2.44. The molecular formula is C15H22BrNO2. The van der Waals surface area contributed by atoms with Crippen LogP contribution in [0.3, 0.4) is 0 Å². The second-order valence-corrected chi connectivity index (χ2v) is 5.77. The first-order valence-electron chi connectivity index (χ1n) is 7.00. The van der Waals surface area contributed by atoms with Crippen LogP contribution in [0.5, 0.6) is 5.75 Å². The minimum atomic E-state index is 0.384. The fourth-order valence-corrected chi connectivity index (χ4v) is 2.51. The highest BCUT2D eigenvalue weighted by molar-refractivity contribution is 9.10. The molecule has 3 nitrogen and oxygen atoms in total. The van der Waals surface area contributed by atoms with Crippen LogP contribution < -0.4 is 4.74 Å². The van der Waals surface area contributed by atoms with Crippen LogP contribution in [0, 0.1) is 0 Å². The molecule has 1 aromatic carbocycles. The quantitative estimate of drug-likeness (QED) is 0.828. The van der Waals surface area contributed by atoms with E-state index in [1.807, 2.05) is 24.3 Å². The van der Waals surface area contributed by atoms with Crippen molar-refractivity contribution in [2.45, 2.75) is 25.9 Å². The summed E-state index contributed by atoms with van der Waals surface area (Å²) < 4.78 is 12.6. The summed E-state index contributed by atoms with van der Waals surface area (Å²) in [5, 5.41) is 0. The van der Waals surface area contributed by atoms with Gasteiger partial charge in [-0.3, -0.25) is 4.90 Å². The summed E-state index contributed by atoms with van der Waals surface area (Å²) in [6.07, 6.45) is 2.59. The van der Waals surface area contributed by atoms with Gasteiger partial charge < -0.3 is 9.47 Å².